The summed E-state index contributed by atoms with van der Waals surface area (Å²) in [6.45, 7) is 1.07. The fourth-order valence-corrected chi connectivity index (χ4v) is 2.34. The van der Waals surface area contributed by atoms with E-state index in [1.165, 1.54) is 0 Å². The van der Waals surface area contributed by atoms with E-state index in [1.54, 1.807) is 12.5 Å². The fraction of sp³-hybridized carbons (Fsp3) is 0.158. The van der Waals surface area contributed by atoms with Crippen LogP contribution in [-0.4, -0.2) is 22.1 Å². The molecule has 1 aromatic heterocycles. The van der Waals surface area contributed by atoms with E-state index < -0.39 is 0 Å². The molecular formula is C19H19N3O2. The number of amides is 1. The van der Waals surface area contributed by atoms with Crippen LogP contribution in [-0.2, 0) is 11.3 Å². The van der Waals surface area contributed by atoms with Crippen LogP contribution in [0.4, 0.5) is 5.69 Å². The normalized spacial score (nSPS) is 10.3. The van der Waals surface area contributed by atoms with E-state index in [1.807, 2.05) is 65.4 Å². The van der Waals surface area contributed by atoms with Crippen molar-refractivity contribution in [2.75, 3.05) is 11.9 Å². The lowest BCUT2D eigenvalue weighted by Gasteiger charge is -2.09. The standard InChI is InChI=1S/C19H19N3O2/c23-19(9-12-24-18-7-2-1-3-8-18)21-17-6-4-5-16(13-17)14-22-11-10-20-15-22/h1-8,10-11,13,15H,9,12,14H2,(H,21,23). The zero-order chi connectivity index (χ0) is 16.6. The summed E-state index contributed by atoms with van der Waals surface area (Å²) in [6.07, 6.45) is 5.73. The van der Waals surface area contributed by atoms with Gasteiger partial charge in [-0.3, -0.25) is 4.79 Å². The molecule has 0 spiro atoms. The van der Waals surface area contributed by atoms with Gasteiger partial charge in [-0.05, 0) is 29.8 Å². The van der Waals surface area contributed by atoms with E-state index in [2.05, 4.69) is 10.3 Å². The van der Waals surface area contributed by atoms with Crippen molar-refractivity contribution in [2.45, 2.75) is 13.0 Å². The molecular weight excluding hydrogens is 302 g/mol. The van der Waals surface area contributed by atoms with Gasteiger partial charge in [-0.25, -0.2) is 4.98 Å². The van der Waals surface area contributed by atoms with E-state index in [0.717, 1.165) is 23.5 Å². The van der Waals surface area contributed by atoms with Crippen LogP contribution in [0.25, 0.3) is 0 Å². The van der Waals surface area contributed by atoms with Crippen LogP contribution in [0.2, 0.25) is 0 Å². The zero-order valence-electron chi connectivity index (χ0n) is 13.3. The number of nitrogens with one attached hydrogen (secondary N) is 1. The van der Waals surface area contributed by atoms with Crippen LogP contribution in [0.5, 0.6) is 5.75 Å². The maximum atomic E-state index is 12.0. The third kappa shape index (κ3) is 4.71. The van der Waals surface area contributed by atoms with Crippen LogP contribution >= 0.6 is 0 Å². The molecule has 0 radical (unpaired) electrons. The summed E-state index contributed by atoms with van der Waals surface area (Å²) < 4.78 is 7.52. The van der Waals surface area contributed by atoms with Gasteiger partial charge in [-0.1, -0.05) is 30.3 Å². The molecule has 2 aromatic carbocycles. The number of rotatable bonds is 7. The fourth-order valence-electron chi connectivity index (χ4n) is 2.34. The smallest absolute Gasteiger partial charge is 0.227 e. The quantitative estimate of drug-likeness (QED) is 0.726. The second kappa shape index (κ2) is 7.97. The monoisotopic (exact) mass is 321 g/mol. The molecule has 5 nitrogen and oxygen atoms in total. The van der Waals surface area contributed by atoms with E-state index in [-0.39, 0.29) is 5.91 Å². The van der Waals surface area contributed by atoms with Gasteiger partial charge in [0.25, 0.3) is 0 Å². The molecule has 3 aromatic rings. The summed E-state index contributed by atoms with van der Waals surface area (Å²) in [5, 5.41) is 2.90. The molecule has 24 heavy (non-hydrogen) atoms. The lowest BCUT2D eigenvalue weighted by molar-refractivity contribution is -0.116. The van der Waals surface area contributed by atoms with Crippen molar-refractivity contribution in [2.24, 2.45) is 0 Å². The Morgan fingerprint density at radius 3 is 2.79 bits per heavy atom. The summed E-state index contributed by atoms with van der Waals surface area (Å²) in [5.41, 5.74) is 1.89. The second-order valence-electron chi connectivity index (χ2n) is 5.40. The first-order chi connectivity index (χ1) is 11.8. The summed E-state index contributed by atoms with van der Waals surface area (Å²) >= 11 is 0. The van der Waals surface area contributed by atoms with Crippen molar-refractivity contribution in [3.8, 4) is 5.75 Å². The minimum absolute atomic E-state index is 0.0642. The number of carbonyl (C=O) groups is 1. The first-order valence-corrected chi connectivity index (χ1v) is 7.82. The molecule has 3 rings (SSSR count). The molecule has 0 fully saturated rings. The molecule has 1 N–H and O–H groups in total. The Kier molecular flexibility index (Phi) is 5.24. The highest BCUT2D eigenvalue weighted by atomic mass is 16.5. The Morgan fingerprint density at radius 1 is 1.12 bits per heavy atom. The van der Waals surface area contributed by atoms with Crippen LogP contribution in [0.15, 0.2) is 73.3 Å². The van der Waals surface area contributed by atoms with Gasteiger partial charge in [-0.15, -0.1) is 0 Å². The van der Waals surface area contributed by atoms with Crippen molar-refractivity contribution < 1.29 is 9.53 Å². The zero-order valence-corrected chi connectivity index (χ0v) is 13.3. The predicted molar refractivity (Wildman–Crippen MR) is 93.0 cm³/mol. The van der Waals surface area contributed by atoms with Crippen molar-refractivity contribution in [1.29, 1.82) is 0 Å². The van der Waals surface area contributed by atoms with Crippen molar-refractivity contribution in [3.63, 3.8) is 0 Å². The van der Waals surface area contributed by atoms with Crippen molar-refractivity contribution in [1.82, 2.24) is 9.55 Å². The average Bonchev–Trinajstić information content (AvgIpc) is 3.09. The predicted octanol–water partition coefficient (Wildman–Crippen LogP) is 3.34. The number of aromatic nitrogens is 2. The van der Waals surface area contributed by atoms with Crippen LogP contribution in [0, 0.1) is 0 Å². The number of imidazole rings is 1. The highest BCUT2D eigenvalue weighted by Crippen LogP contribution is 2.13. The molecule has 0 aliphatic carbocycles. The maximum Gasteiger partial charge on any atom is 0.227 e. The Balaban J connectivity index is 1.49. The van der Waals surface area contributed by atoms with E-state index >= 15 is 0 Å². The van der Waals surface area contributed by atoms with Gasteiger partial charge in [0.15, 0.2) is 0 Å². The Morgan fingerprint density at radius 2 is 2.00 bits per heavy atom. The van der Waals surface area contributed by atoms with Gasteiger partial charge in [-0.2, -0.15) is 0 Å². The van der Waals surface area contributed by atoms with Gasteiger partial charge < -0.3 is 14.6 Å². The minimum Gasteiger partial charge on any atom is -0.493 e. The summed E-state index contributed by atoms with van der Waals surface area (Å²) in [7, 11) is 0. The van der Waals surface area contributed by atoms with Gasteiger partial charge in [0.2, 0.25) is 5.91 Å². The molecule has 0 unspecified atom stereocenters. The molecule has 5 heteroatoms. The van der Waals surface area contributed by atoms with Gasteiger partial charge in [0, 0.05) is 24.6 Å². The Bertz CT molecular complexity index is 770. The topological polar surface area (TPSA) is 56.1 Å². The number of carbonyl (C=O) groups excluding carboxylic acids is 1. The molecule has 1 amide bonds. The average molecular weight is 321 g/mol. The van der Waals surface area contributed by atoms with Crippen LogP contribution in [0.1, 0.15) is 12.0 Å². The number of nitrogens with zero attached hydrogens (tertiary/aromatic N) is 2. The number of anilines is 1. The lowest BCUT2D eigenvalue weighted by atomic mass is 10.2. The molecule has 0 aliphatic heterocycles. The lowest BCUT2D eigenvalue weighted by Crippen LogP contribution is -2.15. The second-order valence-corrected chi connectivity index (χ2v) is 5.40. The molecule has 0 saturated heterocycles. The molecule has 1 heterocycles. The van der Waals surface area contributed by atoms with Crippen LogP contribution < -0.4 is 10.1 Å². The molecule has 0 aliphatic rings. The first kappa shape index (κ1) is 15.8. The van der Waals surface area contributed by atoms with Gasteiger partial charge in [0.05, 0.1) is 19.4 Å². The summed E-state index contributed by atoms with van der Waals surface area (Å²) in [6, 6.07) is 17.3. The first-order valence-electron chi connectivity index (χ1n) is 7.82. The number of hydrogen-bond donors (Lipinski definition) is 1. The summed E-state index contributed by atoms with van der Waals surface area (Å²) in [4.78, 5) is 16.1. The van der Waals surface area contributed by atoms with Crippen molar-refractivity contribution >= 4 is 11.6 Å². The van der Waals surface area contributed by atoms with E-state index in [9.17, 15) is 4.79 Å². The van der Waals surface area contributed by atoms with Crippen molar-refractivity contribution in [3.05, 3.63) is 78.9 Å². The highest BCUT2D eigenvalue weighted by molar-refractivity contribution is 5.90. The maximum absolute atomic E-state index is 12.0. The third-order valence-corrected chi connectivity index (χ3v) is 3.48. The minimum atomic E-state index is -0.0642. The van der Waals surface area contributed by atoms with Gasteiger partial charge >= 0.3 is 0 Å². The molecule has 0 atom stereocenters. The van der Waals surface area contributed by atoms with Gasteiger partial charge in [0.1, 0.15) is 5.75 Å². The number of ether oxygens (including phenoxy) is 1. The number of para-hydroxylation sites is 1. The Labute approximate surface area is 140 Å². The molecule has 122 valence electrons. The SMILES string of the molecule is O=C(CCOc1ccccc1)Nc1cccc(Cn2ccnc2)c1. The Hall–Kier alpha value is -3.08. The van der Waals surface area contributed by atoms with E-state index in [0.29, 0.717) is 13.0 Å². The molecule has 0 saturated carbocycles. The third-order valence-electron chi connectivity index (χ3n) is 3.48. The van der Waals surface area contributed by atoms with E-state index in [4.69, 9.17) is 4.74 Å². The number of hydrogen-bond acceptors (Lipinski definition) is 3. The molecule has 0 bridgehead atoms. The largest absolute Gasteiger partial charge is 0.493 e. The number of benzene rings is 2. The van der Waals surface area contributed by atoms with Crippen LogP contribution in [0.3, 0.4) is 0 Å². The highest BCUT2D eigenvalue weighted by Gasteiger charge is 2.04. The summed E-state index contributed by atoms with van der Waals surface area (Å²) in [5.74, 6) is 0.707.